The molecule has 0 unspecified atom stereocenters. The van der Waals surface area contributed by atoms with Crippen LogP contribution in [-0.4, -0.2) is 0 Å². The number of rotatable bonds is 5. The van der Waals surface area contributed by atoms with Gasteiger partial charge in [0, 0.05) is 48.6 Å². The Morgan fingerprint density at radius 1 is 0.377 bits per heavy atom. The second kappa shape index (κ2) is 11.9. The number of thiophene rings is 1. The van der Waals surface area contributed by atoms with Crippen LogP contribution in [0.3, 0.4) is 0 Å². The first-order chi connectivity index (χ1) is 26.3. The predicted octanol–water partition coefficient (Wildman–Crippen LogP) is 15.1. The lowest BCUT2D eigenvalue weighted by atomic mass is 9.94. The molecule has 0 radical (unpaired) electrons. The number of hydrogen-bond acceptors (Lipinski definition) is 3. The molecular formula is C50H31NOS. The second-order valence-corrected chi connectivity index (χ2v) is 14.7. The summed E-state index contributed by atoms with van der Waals surface area (Å²) in [6.45, 7) is 0. The van der Waals surface area contributed by atoms with Crippen LogP contribution in [0.25, 0.3) is 85.9 Å². The fourth-order valence-corrected chi connectivity index (χ4v) is 9.47. The van der Waals surface area contributed by atoms with E-state index in [4.69, 9.17) is 4.42 Å². The summed E-state index contributed by atoms with van der Waals surface area (Å²) >= 11 is 1.89. The fourth-order valence-electron chi connectivity index (χ4n) is 8.14. The molecule has 9 aromatic carbocycles. The van der Waals surface area contributed by atoms with E-state index in [-0.39, 0.29) is 0 Å². The maximum atomic E-state index is 6.39. The number of furan rings is 1. The Morgan fingerprint density at radius 2 is 1.02 bits per heavy atom. The van der Waals surface area contributed by atoms with Gasteiger partial charge in [-0.05, 0) is 75.3 Å². The van der Waals surface area contributed by atoms with E-state index in [0.29, 0.717) is 0 Å². The molecule has 0 aliphatic heterocycles. The highest BCUT2D eigenvalue weighted by Crippen LogP contribution is 2.48. The van der Waals surface area contributed by atoms with Crippen LogP contribution in [0.4, 0.5) is 17.1 Å². The maximum absolute atomic E-state index is 6.39. The Kier molecular flexibility index (Phi) is 6.76. The average Bonchev–Trinajstić information content (AvgIpc) is 3.80. The van der Waals surface area contributed by atoms with Gasteiger partial charge in [0.15, 0.2) is 0 Å². The molecule has 0 saturated heterocycles. The monoisotopic (exact) mass is 693 g/mol. The summed E-state index contributed by atoms with van der Waals surface area (Å²) in [5.41, 5.74) is 9.99. The summed E-state index contributed by atoms with van der Waals surface area (Å²) < 4.78 is 8.98. The number of anilines is 3. The number of nitrogens with zero attached hydrogens (tertiary/aromatic N) is 1. The second-order valence-electron chi connectivity index (χ2n) is 13.7. The normalized spacial score (nSPS) is 11.8. The lowest BCUT2D eigenvalue weighted by molar-refractivity contribution is 0.670. The van der Waals surface area contributed by atoms with Crippen LogP contribution in [0.5, 0.6) is 0 Å². The van der Waals surface area contributed by atoms with Gasteiger partial charge in [0.05, 0.1) is 10.4 Å². The Hall–Kier alpha value is -6.68. The van der Waals surface area contributed by atoms with Crippen molar-refractivity contribution in [2.45, 2.75) is 0 Å². The van der Waals surface area contributed by atoms with Crippen molar-refractivity contribution in [3.8, 4) is 22.3 Å². The summed E-state index contributed by atoms with van der Waals surface area (Å²) in [7, 11) is 0. The van der Waals surface area contributed by atoms with Crippen LogP contribution in [0.15, 0.2) is 192 Å². The van der Waals surface area contributed by atoms with Crippen LogP contribution in [0, 0.1) is 0 Å². The van der Waals surface area contributed by atoms with Gasteiger partial charge in [-0.2, -0.15) is 0 Å². The standard InChI is InChI=1S/C50H31NOS/c1-2-14-36(15-3-1)51(37-29-28-32-12-4-5-13-35(32)30-37)46-22-11-21-43-45-31-44(39-16-6-7-18-42(39)49(45)53-50(43)46)34-26-24-33(25-27-34)38-19-10-20-41-40-17-8-9-23-47(40)52-48(38)41/h1-31H. The Labute approximate surface area is 310 Å². The zero-order valence-electron chi connectivity index (χ0n) is 28.7. The van der Waals surface area contributed by atoms with Crippen molar-refractivity contribution in [3.05, 3.63) is 188 Å². The van der Waals surface area contributed by atoms with Gasteiger partial charge in [-0.25, -0.2) is 0 Å². The molecule has 0 atom stereocenters. The van der Waals surface area contributed by atoms with Crippen molar-refractivity contribution >= 4 is 92.1 Å². The third kappa shape index (κ3) is 4.78. The molecule has 0 amide bonds. The molecule has 11 rings (SSSR count). The summed E-state index contributed by atoms with van der Waals surface area (Å²) in [6, 6.07) is 67.9. The Balaban J connectivity index is 1.08. The fraction of sp³-hybridized carbons (Fsp3) is 0. The van der Waals surface area contributed by atoms with E-state index in [0.717, 1.165) is 44.4 Å². The van der Waals surface area contributed by atoms with Gasteiger partial charge in [0.25, 0.3) is 0 Å². The third-order valence-corrected chi connectivity index (χ3v) is 11.9. The quantitative estimate of drug-likeness (QED) is 0.178. The summed E-state index contributed by atoms with van der Waals surface area (Å²) in [4.78, 5) is 2.41. The summed E-state index contributed by atoms with van der Waals surface area (Å²) in [6.07, 6.45) is 0. The number of hydrogen-bond donors (Lipinski definition) is 0. The average molecular weight is 694 g/mol. The predicted molar refractivity (Wildman–Crippen MR) is 227 cm³/mol. The molecule has 0 aliphatic carbocycles. The summed E-state index contributed by atoms with van der Waals surface area (Å²) in [5.74, 6) is 0. The van der Waals surface area contributed by atoms with Gasteiger partial charge in [-0.1, -0.05) is 146 Å². The van der Waals surface area contributed by atoms with E-state index in [2.05, 4.69) is 181 Å². The van der Waals surface area contributed by atoms with E-state index in [1.165, 1.54) is 58.5 Å². The Morgan fingerprint density at radius 3 is 1.87 bits per heavy atom. The van der Waals surface area contributed by atoms with Gasteiger partial charge in [0.2, 0.25) is 0 Å². The van der Waals surface area contributed by atoms with Crippen LogP contribution < -0.4 is 4.90 Å². The first-order valence-corrected chi connectivity index (χ1v) is 18.8. The van der Waals surface area contributed by atoms with Crippen LogP contribution >= 0.6 is 11.3 Å². The van der Waals surface area contributed by atoms with Crippen molar-refractivity contribution in [1.82, 2.24) is 0 Å². The third-order valence-electron chi connectivity index (χ3n) is 10.6. The number of para-hydroxylation sites is 3. The van der Waals surface area contributed by atoms with E-state index in [1.54, 1.807) is 0 Å². The van der Waals surface area contributed by atoms with Crippen molar-refractivity contribution < 1.29 is 4.42 Å². The van der Waals surface area contributed by atoms with E-state index in [9.17, 15) is 0 Å². The van der Waals surface area contributed by atoms with Gasteiger partial charge in [0.1, 0.15) is 11.2 Å². The molecule has 0 N–H and O–H groups in total. The van der Waals surface area contributed by atoms with Crippen LogP contribution in [-0.2, 0) is 0 Å². The summed E-state index contributed by atoms with van der Waals surface area (Å²) in [5, 5.41) is 9.85. The minimum Gasteiger partial charge on any atom is -0.455 e. The number of benzene rings is 9. The maximum Gasteiger partial charge on any atom is 0.143 e. The molecule has 3 heteroatoms. The number of fused-ring (bicyclic) bond motifs is 9. The molecule has 0 fully saturated rings. The zero-order valence-corrected chi connectivity index (χ0v) is 29.5. The molecule has 53 heavy (non-hydrogen) atoms. The molecular weight excluding hydrogens is 663 g/mol. The highest BCUT2D eigenvalue weighted by molar-refractivity contribution is 7.27. The van der Waals surface area contributed by atoms with E-state index >= 15 is 0 Å². The van der Waals surface area contributed by atoms with E-state index in [1.807, 2.05) is 23.5 Å². The van der Waals surface area contributed by atoms with Gasteiger partial charge >= 0.3 is 0 Å². The molecule has 11 aromatic rings. The SMILES string of the molecule is c1ccc(N(c2ccc3ccccc3c2)c2cccc3c2sc2c4ccccc4c(-c4ccc(-c5cccc6c5oc5ccccc56)cc4)cc32)cc1. The van der Waals surface area contributed by atoms with Gasteiger partial charge in [-0.15, -0.1) is 11.3 Å². The first kappa shape index (κ1) is 30.0. The van der Waals surface area contributed by atoms with E-state index < -0.39 is 0 Å². The zero-order chi connectivity index (χ0) is 34.9. The molecule has 0 saturated carbocycles. The Bertz CT molecular complexity index is 3170. The van der Waals surface area contributed by atoms with Gasteiger partial charge < -0.3 is 9.32 Å². The van der Waals surface area contributed by atoms with Crippen molar-refractivity contribution in [2.75, 3.05) is 4.90 Å². The smallest absolute Gasteiger partial charge is 0.143 e. The molecule has 2 aromatic heterocycles. The molecule has 2 heterocycles. The molecule has 0 aliphatic rings. The molecule has 0 spiro atoms. The highest BCUT2D eigenvalue weighted by atomic mass is 32.1. The van der Waals surface area contributed by atoms with Crippen LogP contribution in [0.2, 0.25) is 0 Å². The first-order valence-electron chi connectivity index (χ1n) is 18.0. The minimum atomic E-state index is 0.918. The molecule has 2 nitrogen and oxygen atoms in total. The lowest BCUT2D eigenvalue weighted by Gasteiger charge is -2.26. The van der Waals surface area contributed by atoms with Crippen LogP contribution in [0.1, 0.15) is 0 Å². The topological polar surface area (TPSA) is 16.4 Å². The van der Waals surface area contributed by atoms with Crippen molar-refractivity contribution in [2.24, 2.45) is 0 Å². The highest BCUT2D eigenvalue weighted by Gasteiger charge is 2.20. The lowest BCUT2D eigenvalue weighted by Crippen LogP contribution is -2.09. The molecule has 0 bridgehead atoms. The largest absolute Gasteiger partial charge is 0.455 e. The van der Waals surface area contributed by atoms with Crippen molar-refractivity contribution in [1.29, 1.82) is 0 Å². The van der Waals surface area contributed by atoms with Gasteiger partial charge in [-0.3, -0.25) is 0 Å². The van der Waals surface area contributed by atoms with Crippen molar-refractivity contribution in [3.63, 3.8) is 0 Å². The minimum absolute atomic E-state index is 0.918. The molecule has 248 valence electrons.